The molecule has 0 radical (unpaired) electrons. The Balaban J connectivity index is 1.31. The highest BCUT2D eigenvalue weighted by Crippen LogP contribution is 2.65. The normalized spacial score (nSPS) is 36.5. The Morgan fingerprint density at radius 2 is 1.74 bits per heavy atom. The van der Waals surface area contributed by atoms with Crippen LogP contribution in [-0.4, -0.2) is 17.9 Å². The van der Waals surface area contributed by atoms with E-state index in [0.717, 1.165) is 56.1 Å². The molecule has 0 aromatic heterocycles. The first kappa shape index (κ1) is 25.5. The molecule has 4 aliphatic rings. The molecule has 3 fully saturated rings. The van der Waals surface area contributed by atoms with Gasteiger partial charge in [-0.2, -0.15) is 0 Å². The minimum absolute atomic E-state index is 0.0129. The summed E-state index contributed by atoms with van der Waals surface area (Å²) in [6.45, 7) is 11.3. The van der Waals surface area contributed by atoms with Crippen molar-refractivity contribution in [2.24, 2.45) is 28.6 Å². The lowest BCUT2D eigenvalue weighted by Gasteiger charge is -2.57. The summed E-state index contributed by atoms with van der Waals surface area (Å²) in [7, 11) is 0. The van der Waals surface area contributed by atoms with Gasteiger partial charge in [-0.25, -0.2) is 0 Å². The van der Waals surface area contributed by atoms with E-state index in [1.807, 2.05) is 6.08 Å². The number of unbranched alkanes of at least 4 members (excludes halogenated alkanes) is 7. The van der Waals surface area contributed by atoms with E-state index < -0.39 is 0 Å². The molecule has 4 aliphatic carbocycles. The lowest BCUT2D eigenvalue weighted by Crippen LogP contribution is -2.51. The van der Waals surface area contributed by atoms with Crippen molar-refractivity contribution in [3.8, 4) is 0 Å². The van der Waals surface area contributed by atoms with E-state index in [2.05, 4.69) is 33.4 Å². The molecule has 3 nitrogen and oxygen atoms in total. The number of carbonyl (C=O) groups is 2. The van der Waals surface area contributed by atoms with Crippen LogP contribution in [-0.2, 0) is 14.3 Å². The van der Waals surface area contributed by atoms with Gasteiger partial charge in [-0.3, -0.25) is 9.59 Å². The van der Waals surface area contributed by atoms with Gasteiger partial charge in [0.15, 0.2) is 5.78 Å². The highest BCUT2D eigenvalue weighted by atomic mass is 16.5. The van der Waals surface area contributed by atoms with Gasteiger partial charge in [-0.05, 0) is 74.0 Å². The number of ether oxygens (including phenoxy) is 1. The average molecular weight is 467 g/mol. The monoisotopic (exact) mass is 466 g/mol. The Hall–Kier alpha value is -1.64. The Kier molecular flexibility index (Phi) is 7.89. The molecule has 6 atom stereocenters. The highest BCUT2D eigenvalue weighted by Gasteiger charge is 2.60. The standard InChI is InChI=1S/C31H46O3/c1-5-6-7-8-9-10-11-12-13-29(33)34-28-15-14-25-24-20-22(2)27-21-23(32)16-18-30(27,3)26(24)17-19-31(25,28)4/h16,18,21,24-26,28H,2,5-15,17,19-20H2,1,3-4H3/t24-,25-,26-,28-,30+,31-/m0/s1. The van der Waals surface area contributed by atoms with Crippen LogP contribution >= 0.6 is 0 Å². The predicted molar refractivity (Wildman–Crippen MR) is 138 cm³/mol. The topological polar surface area (TPSA) is 43.4 Å². The summed E-state index contributed by atoms with van der Waals surface area (Å²) in [6, 6.07) is 0. The zero-order valence-electron chi connectivity index (χ0n) is 21.9. The number of hydrogen-bond donors (Lipinski definition) is 0. The molecular weight excluding hydrogens is 420 g/mol. The molecule has 0 aromatic rings. The Morgan fingerprint density at radius 1 is 1.03 bits per heavy atom. The van der Waals surface area contributed by atoms with Crippen LogP contribution in [0.1, 0.15) is 111 Å². The first-order chi connectivity index (χ1) is 16.3. The molecule has 0 spiro atoms. The molecule has 4 rings (SSSR count). The van der Waals surface area contributed by atoms with Crippen molar-refractivity contribution in [3.05, 3.63) is 36.0 Å². The largest absolute Gasteiger partial charge is 0.462 e. The summed E-state index contributed by atoms with van der Waals surface area (Å²) < 4.78 is 6.16. The maximum atomic E-state index is 12.7. The van der Waals surface area contributed by atoms with Crippen molar-refractivity contribution in [3.63, 3.8) is 0 Å². The van der Waals surface area contributed by atoms with Gasteiger partial charge in [0.25, 0.3) is 0 Å². The van der Waals surface area contributed by atoms with E-state index in [0.29, 0.717) is 24.2 Å². The van der Waals surface area contributed by atoms with Gasteiger partial charge in [0.2, 0.25) is 0 Å². The van der Waals surface area contributed by atoms with Crippen molar-refractivity contribution in [1.29, 1.82) is 0 Å². The van der Waals surface area contributed by atoms with Crippen LogP contribution in [0.3, 0.4) is 0 Å². The molecule has 0 N–H and O–H groups in total. The van der Waals surface area contributed by atoms with Gasteiger partial charge < -0.3 is 4.74 Å². The van der Waals surface area contributed by atoms with Crippen LogP contribution in [0.15, 0.2) is 36.0 Å². The van der Waals surface area contributed by atoms with Gasteiger partial charge in [0.05, 0.1) is 0 Å². The lowest BCUT2D eigenvalue weighted by molar-refractivity contribution is -0.159. The van der Waals surface area contributed by atoms with Crippen molar-refractivity contribution in [1.82, 2.24) is 0 Å². The van der Waals surface area contributed by atoms with Crippen LogP contribution in [0.25, 0.3) is 0 Å². The minimum Gasteiger partial charge on any atom is -0.462 e. The summed E-state index contributed by atoms with van der Waals surface area (Å²) >= 11 is 0. The van der Waals surface area contributed by atoms with E-state index in [1.54, 1.807) is 6.08 Å². The third-order valence-electron chi connectivity index (χ3n) is 9.95. The molecule has 3 saturated carbocycles. The molecule has 0 aliphatic heterocycles. The number of carbonyl (C=O) groups excluding carboxylic acids is 2. The first-order valence-electron chi connectivity index (χ1n) is 14.1. The molecule has 0 unspecified atom stereocenters. The molecule has 3 heteroatoms. The fraction of sp³-hybridized carbons (Fsp3) is 0.742. The molecule has 0 saturated heterocycles. The van der Waals surface area contributed by atoms with Gasteiger partial charge in [0, 0.05) is 17.3 Å². The predicted octanol–water partition coefficient (Wildman–Crippen LogP) is 7.90. The fourth-order valence-corrected chi connectivity index (χ4v) is 7.97. The van der Waals surface area contributed by atoms with E-state index in [9.17, 15) is 9.59 Å². The summed E-state index contributed by atoms with van der Waals surface area (Å²) in [5.41, 5.74) is 2.29. The molecule has 0 amide bonds. The van der Waals surface area contributed by atoms with E-state index in [4.69, 9.17) is 4.74 Å². The van der Waals surface area contributed by atoms with Crippen LogP contribution in [0.4, 0.5) is 0 Å². The van der Waals surface area contributed by atoms with E-state index >= 15 is 0 Å². The maximum absolute atomic E-state index is 12.7. The third-order valence-corrected chi connectivity index (χ3v) is 9.95. The molecule has 188 valence electrons. The quantitative estimate of drug-likeness (QED) is 0.243. The van der Waals surface area contributed by atoms with Crippen molar-refractivity contribution < 1.29 is 14.3 Å². The van der Waals surface area contributed by atoms with Crippen molar-refractivity contribution >= 4 is 11.8 Å². The molecular formula is C31H46O3. The number of fused-ring (bicyclic) bond motifs is 5. The third kappa shape index (κ3) is 4.86. The van der Waals surface area contributed by atoms with E-state index in [-0.39, 0.29) is 28.7 Å². The SMILES string of the molecule is C=C1C[C@H]2[C@@H]3CC[C@H](OC(=O)CCCCCCCCCC)[C@@]3(C)CC[C@@H]2[C@@]2(C)C=CC(=O)C=C12. The lowest BCUT2D eigenvalue weighted by atomic mass is 9.47. The van der Waals surface area contributed by atoms with Crippen molar-refractivity contribution in [2.45, 2.75) is 117 Å². The summed E-state index contributed by atoms with van der Waals surface area (Å²) in [5.74, 6) is 1.77. The maximum Gasteiger partial charge on any atom is 0.306 e. The second kappa shape index (κ2) is 10.5. The highest BCUT2D eigenvalue weighted by molar-refractivity contribution is 6.01. The summed E-state index contributed by atoms with van der Waals surface area (Å²) in [6.07, 6.45) is 21.7. The number of rotatable bonds is 10. The van der Waals surface area contributed by atoms with Crippen molar-refractivity contribution in [2.75, 3.05) is 0 Å². The van der Waals surface area contributed by atoms with Gasteiger partial charge >= 0.3 is 5.97 Å². The molecule has 0 heterocycles. The Morgan fingerprint density at radius 3 is 2.47 bits per heavy atom. The van der Waals surface area contributed by atoms with Crippen LogP contribution in [0, 0.1) is 28.6 Å². The first-order valence-corrected chi connectivity index (χ1v) is 14.1. The number of allylic oxidation sites excluding steroid dienone is 5. The number of hydrogen-bond acceptors (Lipinski definition) is 3. The van der Waals surface area contributed by atoms with E-state index in [1.165, 1.54) is 38.5 Å². The van der Waals surface area contributed by atoms with Crippen LogP contribution in [0.5, 0.6) is 0 Å². The Labute approximate surface area is 207 Å². The zero-order valence-corrected chi connectivity index (χ0v) is 21.9. The van der Waals surface area contributed by atoms with Gasteiger partial charge in [-0.15, -0.1) is 0 Å². The second-order valence-electron chi connectivity index (χ2n) is 12.1. The number of esters is 1. The molecule has 34 heavy (non-hydrogen) atoms. The fourth-order valence-electron chi connectivity index (χ4n) is 7.97. The van der Waals surface area contributed by atoms with Gasteiger partial charge in [-0.1, -0.05) is 83.9 Å². The second-order valence-corrected chi connectivity index (χ2v) is 12.1. The number of ketones is 1. The zero-order chi connectivity index (χ0) is 24.3. The Bertz CT molecular complexity index is 851. The van der Waals surface area contributed by atoms with Crippen LogP contribution in [0.2, 0.25) is 0 Å². The average Bonchev–Trinajstić information content (AvgIpc) is 3.13. The smallest absolute Gasteiger partial charge is 0.306 e. The molecule has 0 bridgehead atoms. The summed E-state index contributed by atoms with van der Waals surface area (Å²) in [4.78, 5) is 24.8. The minimum atomic E-state index is -0.0828. The summed E-state index contributed by atoms with van der Waals surface area (Å²) in [5, 5.41) is 0. The van der Waals surface area contributed by atoms with Crippen LogP contribution < -0.4 is 0 Å². The molecule has 0 aromatic carbocycles. The van der Waals surface area contributed by atoms with Gasteiger partial charge in [0.1, 0.15) is 6.10 Å².